The second-order valence-corrected chi connectivity index (χ2v) is 7.51. The molecule has 3 rings (SSSR count). The van der Waals surface area contributed by atoms with E-state index in [2.05, 4.69) is 9.64 Å². The monoisotopic (exact) mass is 434 g/mol. The van der Waals surface area contributed by atoms with Crippen LogP contribution in [-0.2, 0) is 11.3 Å². The summed E-state index contributed by atoms with van der Waals surface area (Å²) in [7, 11) is 4.99. The van der Waals surface area contributed by atoms with Gasteiger partial charge in [0.2, 0.25) is 5.91 Å². The Balaban J connectivity index is 1.62. The molecule has 168 valence electrons. The van der Waals surface area contributed by atoms with Gasteiger partial charge >= 0.3 is 6.61 Å². The maximum atomic E-state index is 12.9. The zero-order valence-electron chi connectivity index (χ0n) is 18.0. The maximum absolute atomic E-state index is 12.9. The minimum Gasteiger partial charge on any atom is -0.497 e. The second-order valence-electron chi connectivity index (χ2n) is 7.51. The lowest BCUT2D eigenvalue weighted by atomic mass is 10.0. The molecular weight excluding hydrogens is 406 g/mol. The fourth-order valence-electron chi connectivity index (χ4n) is 3.89. The molecule has 1 aliphatic heterocycles. The van der Waals surface area contributed by atoms with Crippen molar-refractivity contribution in [2.75, 3.05) is 34.4 Å². The fourth-order valence-corrected chi connectivity index (χ4v) is 3.89. The smallest absolute Gasteiger partial charge is 0.387 e. The molecule has 1 heterocycles. The zero-order valence-corrected chi connectivity index (χ0v) is 18.0. The van der Waals surface area contributed by atoms with Gasteiger partial charge in [0.25, 0.3) is 0 Å². The second kappa shape index (κ2) is 10.4. The summed E-state index contributed by atoms with van der Waals surface area (Å²) >= 11 is 0. The quantitative estimate of drug-likeness (QED) is 0.595. The van der Waals surface area contributed by atoms with Gasteiger partial charge in [-0.3, -0.25) is 9.69 Å². The number of nitrogens with zero attached hydrogens (tertiary/aromatic N) is 2. The normalized spacial score (nSPS) is 16.4. The molecule has 1 fully saturated rings. The number of likely N-dealkylation sites (tertiary alicyclic amines) is 1. The molecule has 2 aromatic carbocycles. The summed E-state index contributed by atoms with van der Waals surface area (Å²) in [5, 5.41) is 0. The first kappa shape index (κ1) is 22.8. The first-order valence-electron chi connectivity index (χ1n) is 10.1. The molecule has 1 unspecified atom stereocenters. The summed E-state index contributed by atoms with van der Waals surface area (Å²) in [6, 6.07) is 12.2. The van der Waals surface area contributed by atoms with Gasteiger partial charge in [-0.05, 0) is 43.1 Å². The third-order valence-corrected chi connectivity index (χ3v) is 5.50. The fraction of sp³-hybridized carbons (Fsp3) is 0.435. The van der Waals surface area contributed by atoms with E-state index in [9.17, 15) is 13.6 Å². The first-order valence-corrected chi connectivity index (χ1v) is 10.1. The number of ether oxygens (including phenoxy) is 3. The molecule has 0 bridgehead atoms. The highest BCUT2D eigenvalue weighted by Gasteiger charge is 2.30. The van der Waals surface area contributed by atoms with E-state index >= 15 is 0 Å². The van der Waals surface area contributed by atoms with Crippen LogP contribution in [-0.4, -0.2) is 56.7 Å². The molecule has 31 heavy (non-hydrogen) atoms. The Hall–Kier alpha value is -2.87. The van der Waals surface area contributed by atoms with E-state index in [0.29, 0.717) is 13.1 Å². The van der Waals surface area contributed by atoms with Gasteiger partial charge in [-0.1, -0.05) is 18.2 Å². The molecule has 0 N–H and O–H groups in total. The SMILES string of the molecule is COc1ccc(C2CCCN2CC(=O)N(C)Cc2ccc(OC(F)F)cc2)c(OC)c1. The molecular formula is C23H28F2N2O4. The molecule has 0 spiro atoms. The molecule has 1 atom stereocenters. The van der Waals surface area contributed by atoms with E-state index in [4.69, 9.17) is 9.47 Å². The highest BCUT2D eigenvalue weighted by atomic mass is 19.3. The molecule has 6 nitrogen and oxygen atoms in total. The number of carbonyl (C=O) groups excluding carboxylic acids is 1. The lowest BCUT2D eigenvalue weighted by Crippen LogP contribution is -2.37. The van der Waals surface area contributed by atoms with Gasteiger partial charge in [0.15, 0.2) is 0 Å². The van der Waals surface area contributed by atoms with Crippen molar-refractivity contribution in [2.45, 2.75) is 32.0 Å². The third kappa shape index (κ3) is 5.85. The molecule has 2 aromatic rings. The van der Waals surface area contributed by atoms with Gasteiger partial charge in [-0.2, -0.15) is 8.78 Å². The number of likely N-dealkylation sites (N-methyl/N-ethyl adjacent to an activating group) is 1. The number of carbonyl (C=O) groups is 1. The highest BCUT2D eigenvalue weighted by molar-refractivity contribution is 5.78. The van der Waals surface area contributed by atoms with Crippen molar-refractivity contribution in [1.82, 2.24) is 9.80 Å². The number of benzene rings is 2. The molecule has 0 aliphatic carbocycles. The van der Waals surface area contributed by atoms with Crippen molar-refractivity contribution < 1.29 is 27.8 Å². The van der Waals surface area contributed by atoms with E-state index in [0.717, 1.165) is 42.0 Å². The van der Waals surface area contributed by atoms with Crippen LogP contribution in [0, 0.1) is 0 Å². The van der Waals surface area contributed by atoms with Crippen LogP contribution >= 0.6 is 0 Å². The van der Waals surface area contributed by atoms with Gasteiger partial charge < -0.3 is 19.1 Å². The van der Waals surface area contributed by atoms with Crippen LogP contribution in [0.5, 0.6) is 17.2 Å². The molecule has 0 saturated carbocycles. The lowest BCUT2D eigenvalue weighted by molar-refractivity contribution is -0.131. The lowest BCUT2D eigenvalue weighted by Gasteiger charge is -2.28. The van der Waals surface area contributed by atoms with Crippen LogP contribution in [0.3, 0.4) is 0 Å². The van der Waals surface area contributed by atoms with Gasteiger partial charge in [0.1, 0.15) is 17.2 Å². The van der Waals surface area contributed by atoms with Crippen molar-refractivity contribution in [1.29, 1.82) is 0 Å². The number of amides is 1. The van der Waals surface area contributed by atoms with E-state index in [1.807, 2.05) is 18.2 Å². The Morgan fingerprint density at radius 2 is 1.84 bits per heavy atom. The summed E-state index contributed by atoms with van der Waals surface area (Å²) in [5.41, 5.74) is 1.89. The Morgan fingerprint density at radius 3 is 2.48 bits per heavy atom. The molecule has 0 aromatic heterocycles. The molecule has 1 aliphatic rings. The van der Waals surface area contributed by atoms with Crippen molar-refractivity contribution in [3.63, 3.8) is 0 Å². The van der Waals surface area contributed by atoms with Crippen molar-refractivity contribution in [3.8, 4) is 17.2 Å². The Morgan fingerprint density at radius 1 is 1.13 bits per heavy atom. The topological polar surface area (TPSA) is 51.2 Å². The van der Waals surface area contributed by atoms with Crippen LogP contribution in [0.15, 0.2) is 42.5 Å². The number of halogens is 2. The summed E-state index contributed by atoms with van der Waals surface area (Å²) in [5.74, 6) is 1.57. The minimum atomic E-state index is -2.85. The molecule has 1 saturated heterocycles. The first-order chi connectivity index (χ1) is 14.9. The number of hydrogen-bond acceptors (Lipinski definition) is 5. The van der Waals surface area contributed by atoms with Crippen LogP contribution in [0.25, 0.3) is 0 Å². The van der Waals surface area contributed by atoms with E-state index in [-0.39, 0.29) is 17.7 Å². The van der Waals surface area contributed by atoms with E-state index < -0.39 is 6.61 Å². The summed E-state index contributed by atoms with van der Waals surface area (Å²) in [4.78, 5) is 16.7. The number of methoxy groups -OCH3 is 2. The highest BCUT2D eigenvalue weighted by Crippen LogP contribution is 2.38. The predicted octanol–water partition coefficient (Wildman–Crippen LogP) is 4.10. The third-order valence-electron chi connectivity index (χ3n) is 5.50. The molecule has 1 amide bonds. The average Bonchev–Trinajstić information content (AvgIpc) is 3.21. The summed E-state index contributed by atoms with van der Waals surface area (Å²) in [6.07, 6.45) is 1.95. The van der Waals surface area contributed by atoms with Gasteiger partial charge in [-0.15, -0.1) is 0 Å². The van der Waals surface area contributed by atoms with Crippen LogP contribution in [0.1, 0.15) is 30.0 Å². The Labute approximate surface area is 181 Å². The maximum Gasteiger partial charge on any atom is 0.387 e. The van der Waals surface area contributed by atoms with Crippen molar-refractivity contribution in [3.05, 3.63) is 53.6 Å². The zero-order chi connectivity index (χ0) is 22.4. The van der Waals surface area contributed by atoms with Crippen LogP contribution < -0.4 is 14.2 Å². The van der Waals surface area contributed by atoms with E-state index in [1.54, 1.807) is 38.3 Å². The number of hydrogen-bond donors (Lipinski definition) is 0. The van der Waals surface area contributed by atoms with Crippen LogP contribution in [0.2, 0.25) is 0 Å². The van der Waals surface area contributed by atoms with Gasteiger partial charge in [0, 0.05) is 31.3 Å². The summed E-state index contributed by atoms with van der Waals surface area (Å²) < 4.78 is 39.7. The number of rotatable bonds is 9. The van der Waals surface area contributed by atoms with Gasteiger partial charge in [-0.25, -0.2) is 0 Å². The van der Waals surface area contributed by atoms with Gasteiger partial charge in [0.05, 0.1) is 20.8 Å². The molecule has 8 heteroatoms. The summed E-state index contributed by atoms with van der Waals surface area (Å²) in [6.45, 7) is -1.34. The van der Waals surface area contributed by atoms with E-state index in [1.165, 1.54) is 12.1 Å². The van der Waals surface area contributed by atoms with Crippen molar-refractivity contribution in [2.24, 2.45) is 0 Å². The Kier molecular flexibility index (Phi) is 7.68. The number of alkyl halides is 2. The Bertz CT molecular complexity index is 876. The standard InChI is InChI=1S/C23H28F2N2O4/c1-26(14-16-6-8-17(9-7-16)31-23(24)25)22(28)15-27-12-4-5-20(27)19-11-10-18(29-2)13-21(19)30-3/h6-11,13,20,23H,4-5,12,14-15H2,1-3H3. The van der Waals surface area contributed by atoms with Crippen molar-refractivity contribution >= 4 is 5.91 Å². The average molecular weight is 434 g/mol. The largest absolute Gasteiger partial charge is 0.497 e. The van der Waals surface area contributed by atoms with Crippen LogP contribution in [0.4, 0.5) is 8.78 Å². The molecule has 0 radical (unpaired) electrons. The predicted molar refractivity (Wildman–Crippen MR) is 113 cm³/mol. The minimum absolute atomic E-state index is 0.00714.